The molecule has 0 aliphatic carbocycles. The summed E-state index contributed by atoms with van der Waals surface area (Å²) in [6.45, 7) is 2.94. The molecule has 3 aliphatic heterocycles. The summed E-state index contributed by atoms with van der Waals surface area (Å²) in [7, 11) is 0. The Labute approximate surface area is 166 Å². The van der Waals surface area contributed by atoms with Crippen LogP contribution in [0, 0.1) is 5.92 Å². The van der Waals surface area contributed by atoms with Crippen molar-refractivity contribution in [1.82, 2.24) is 10.6 Å². The van der Waals surface area contributed by atoms with E-state index in [0.29, 0.717) is 13.2 Å². The molecular weight excluding hydrogens is 400 g/mol. The zero-order chi connectivity index (χ0) is 19.7. The molecule has 27 heavy (non-hydrogen) atoms. The molecule has 156 valence electrons. The summed E-state index contributed by atoms with van der Waals surface area (Å²) in [6, 6.07) is -1.39. The van der Waals surface area contributed by atoms with Crippen LogP contribution in [-0.4, -0.2) is 92.3 Å². The van der Waals surface area contributed by atoms with Crippen LogP contribution in [0.25, 0.3) is 0 Å². The van der Waals surface area contributed by atoms with Gasteiger partial charge >= 0.3 is 0 Å². The molecule has 0 saturated carbocycles. The number of halogens is 1. The average molecular weight is 427 g/mol. The highest BCUT2D eigenvalue weighted by molar-refractivity contribution is 7.94. The molecule has 0 spiro atoms. The minimum absolute atomic E-state index is 0.213. The molecule has 0 aromatic carbocycles. The van der Waals surface area contributed by atoms with E-state index in [9.17, 15) is 24.7 Å². The highest BCUT2D eigenvalue weighted by Gasteiger charge is 2.49. The lowest BCUT2D eigenvalue weighted by atomic mass is 9.91. The maximum Gasteiger partial charge on any atom is 0.240 e. The first kappa shape index (κ1) is 21.5. The minimum Gasteiger partial charge on any atom is -0.388 e. The summed E-state index contributed by atoms with van der Waals surface area (Å²) in [6.07, 6.45) is -3.84. The van der Waals surface area contributed by atoms with Crippen molar-refractivity contribution in [3.05, 3.63) is 0 Å². The second-order valence-corrected chi connectivity index (χ2v) is 8.75. The number of aliphatic hydroxyl groups is 3. The third kappa shape index (κ3) is 4.39. The van der Waals surface area contributed by atoms with Gasteiger partial charge in [-0.25, -0.2) is 0 Å². The van der Waals surface area contributed by atoms with Crippen molar-refractivity contribution >= 4 is 29.6 Å². The monoisotopic (exact) mass is 426 g/mol. The van der Waals surface area contributed by atoms with E-state index in [1.165, 1.54) is 0 Å². The standard InChI is InChI=1S/C16H27ClN2O7S/c1-6(17)8(14-11(21)10(20)12(22)16(26-14)27-24)19-15(23)9-13-7(5-18-9)3-2-4-25-13/h6-14,16,18,20-22,24H,2-5H2,1H3,(H,19,23)/t6-,7-,8+,9-,10?,11?,12?,13+,14?,16?/m0/s1. The maximum atomic E-state index is 12.8. The van der Waals surface area contributed by atoms with E-state index in [1.54, 1.807) is 6.92 Å². The molecule has 3 fully saturated rings. The van der Waals surface area contributed by atoms with Crippen LogP contribution >= 0.6 is 23.6 Å². The van der Waals surface area contributed by atoms with Gasteiger partial charge in [0.2, 0.25) is 5.91 Å². The van der Waals surface area contributed by atoms with Crippen LogP contribution in [0.15, 0.2) is 0 Å². The number of alkyl halides is 1. The molecule has 5 unspecified atom stereocenters. The fourth-order valence-electron chi connectivity index (χ4n) is 4.06. The maximum absolute atomic E-state index is 12.8. The Balaban J connectivity index is 1.71. The third-order valence-corrected chi connectivity index (χ3v) is 6.44. The number of amides is 1. The highest BCUT2D eigenvalue weighted by atomic mass is 35.5. The van der Waals surface area contributed by atoms with Gasteiger partial charge in [-0.15, -0.1) is 11.6 Å². The van der Waals surface area contributed by atoms with Gasteiger partial charge in [0.25, 0.3) is 0 Å². The van der Waals surface area contributed by atoms with Crippen molar-refractivity contribution in [3.63, 3.8) is 0 Å². The first-order chi connectivity index (χ1) is 12.8. The molecule has 3 aliphatic rings. The van der Waals surface area contributed by atoms with Crippen LogP contribution in [-0.2, 0) is 14.3 Å². The van der Waals surface area contributed by atoms with E-state index in [4.69, 9.17) is 21.1 Å². The average Bonchev–Trinajstić information content (AvgIpc) is 3.09. The molecule has 0 radical (unpaired) electrons. The molecule has 9 nitrogen and oxygen atoms in total. The largest absolute Gasteiger partial charge is 0.388 e. The molecule has 6 N–H and O–H groups in total. The second-order valence-electron chi connectivity index (χ2n) is 7.38. The van der Waals surface area contributed by atoms with Crippen LogP contribution in [0.3, 0.4) is 0 Å². The number of fused-ring (bicyclic) bond motifs is 1. The van der Waals surface area contributed by atoms with E-state index in [0.717, 1.165) is 12.8 Å². The summed E-state index contributed by atoms with van der Waals surface area (Å²) in [5, 5.41) is 35.6. The Morgan fingerprint density at radius 1 is 1.30 bits per heavy atom. The van der Waals surface area contributed by atoms with Crippen molar-refractivity contribution in [1.29, 1.82) is 0 Å². The Hall–Kier alpha value is -0.170. The number of carbonyl (C=O) groups excluding carboxylic acids is 1. The summed E-state index contributed by atoms with van der Waals surface area (Å²) < 4.78 is 20.6. The molecule has 3 rings (SSSR count). The van der Waals surface area contributed by atoms with Gasteiger partial charge in [-0.2, -0.15) is 0 Å². The van der Waals surface area contributed by atoms with Crippen LogP contribution in [0.2, 0.25) is 0 Å². The van der Waals surface area contributed by atoms with Gasteiger partial charge in [-0.3, -0.25) is 4.79 Å². The summed E-state index contributed by atoms with van der Waals surface area (Å²) in [5.41, 5.74) is -1.17. The van der Waals surface area contributed by atoms with E-state index in [2.05, 4.69) is 10.6 Å². The highest BCUT2D eigenvalue weighted by Crippen LogP contribution is 2.31. The Bertz CT molecular complexity index is 529. The Morgan fingerprint density at radius 2 is 2.04 bits per heavy atom. The van der Waals surface area contributed by atoms with Crippen LogP contribution in [0.5, 0.6) is 0 Å². The number of aliphatic hydroxyl groups excluding tert-OH is 3. The van der Waals surface area contributed by atoms with Gasteiger partial charge in [-0.05, 0) is 25.7 Å². The normalized spacial score (nSPS) is 44.4. The van der Waals surface area contributed by atoms with Crippen LogP contribution < -0.4 is 10.6 Å². The zero-order valence-corrected chi connectivity index (χ0v) is 16.5. The van der Waals surface area contributed by atoms with Crippen molar-refractivity contribution in [2.75, 3.05) is 13.2 Å². The van der Waals surface area contributed by atoms with E-state index >= 15 is 0 Å². The molecule has 0 aromatic rings. The fourth-order valence-corrected chi connectivity index (χ4v) is 4.73. The minimum atomic E-state index is -1.54. The van der Waals surface area contributed by atoms with Crippen LogP contribution in [0.4, 0.5) is 0 Å². The quantitative estimate of drug-likeness (QED) is 0.238. The zero-order valence-electron chi connectivity index (χ0n) is 14.9. The molecule has 11 heteroatoms. The molecule has 0 aromatic heterocycles. The number of ether oxygens (including phenoxy) is 2. The molecule has 3 saturated heterocycles. The number of rotatable bonds is 5. The van der Waals surface area contributed by atoms with Gasteiger partial charge in [-0.1, -0.05) is 0 Å². The van der Waals surface area contributed by atoms with Crippen molar-refractivity contribution in [3.8, 4) is 0 Å². The van der Waals surface area contributed by atoms with E-state index < -0.39 is 47.3 Å². The lowest BCUT2D eigenvalue weighted by Gasteiger charge is -2.43. The predicted molar refractivity (Wildman–Crippen MR) is 98.4 cm³/mol. The topological polar surface area (TPSA) is 141 Å². The van der Waals surface area contributed by atoms with Crippen molar-refractivity contribution < 1.29 is 34.1 Å². The van der Waals surface area contributed by atoms with Gasteiger partial charge < -0.3 is 40.0 Å². The first-order valence-corrected chi connectivity index (χ1v) is 10.4. The molecule has 10 atom stereocenters. The van der Waals surface area contributed by atoms with Gasteiger partial charge in [0, 0.05) is 25.2 Å². The molecule has 1 amide bonds. The second kappa shape index (κ2) is 9.10. The van der Waals surface area contributed by atoms with Crippen molar-refractivity contribution in [2.45, 2.75) is 73.2 Å². The molecular formula is C16H27ClN2O7S. The fraction of sp³-hybridized carbons (Fsp3) is 0.938. The van der Waals surface area contributed by atoms with Crippen LogP contribution in [0.1, 0.15) is 19.8 Å². The number of hydrogen-bond donors (Lipinski definition) is 6. The van der Waals surface area contributed by atoms with Gasteiger partial charge in [0.05, 0.1) is 17.5 Å². The molecule has 0 bridgehead atoms. The molecule has 3 heterocycles. The lowest BCUT2D eigenvalue weighted by molar-refractivity contribution is -0.206. The van der Waals surface area contributed by atoms with E-state index in [-0.39, 0.29) is 30.0 Å². The number of hydrogen-bond acceptors (Lipinski definition) is 9. The van der Waals surface area contributed by atoms with Crippen molar-refractivity contribution in [2.24, 2.45) is 5.92 Å². The van der Waals surface area contributed by atoms with Gasteiger partial charge in [0.15, 0.2) is 5.44 Å². The summed E-state index contributed by atoms with van der Waals surface area (Å²) in [4.78, 5) is 12.8. The predicted octanol–water partition coefficient (Wildman–Crippen LogP) is -1.12. The lowest BCUT2D eigenvalue weighted by Crippen LogP contribution is -2.65. The Morgan fingerprint density at radius 3 is 2.70 bits per heavy atom. The number of nitrogens with one attached hydrogen (secondary N) is 2. The van der Waals surface area contributed by atoms with Gasteiger partial charge in [0.1, 0.15) is 30.5 Å². The SMILES string of the molecule is C[C@H](Cl)[C@@H](NC(=O)[C@H]1NC[C@@H]2CCCO[C@H]21)C1OC(SO)C(O)C(O)C1O. The number of carbonyl (C=O) groups is 1. The third-order valence-electron chi connectivity index (χ3n) is 5.57. The summed E-state index contributed by atoms with van der Waals surface area (Å²) in [5.74, 6) is -0.0449. The first-order valence-electron chi connectivity index (χ1n) is 9.14. The van der Waals surface area contributed by atoms with E-state index in [1.807, 2.05) is 0 Å². The smallest absolute Gasteiger partial charge is 0.240 e. The summed E-state index contributed by atoms with van der Waals surface area (Å²) >= 11 is 6.45. The Kier molecular flexibility index (Phi) is 7.26.